The van der Waals surface area contributed by atoms with Crippen LogP contribution >= 0.6 is 0 Å². The molecule has 2 rings (SSSR count). The zero-order valence-corrected chi connectivity index (χ0v) is 9.80. The predicted molar refractivity (Wildman–Crippen MR) is 66.9 cm³/mol. The van der Waals surface area contributed by atoms with E-state index >= 15 is 0 Å². The van der Waals surface area contributed by atoms with Gasteiger partial charge in [0.15, 0.2) is 0 Å². The summed E-state index contributed by atoms with van der Waals surface area (Å²) in [5.74, 6) is 0. The van der Waals surface area contributed by atoms with E-state index in [0.29, 0.717) is 6.41 Å². The van der Waals surface area contributed by atoms with Crippen molar-refractivity contribution in [2.45, 2.75) is 18.9 Å². The summed E-state index contributed by atoms with van der Waals surface area (Å²) in [6, 6.07) is 7.91. The Morgan fingerprint density at radius 1 is 1.29 bits per heavy atom. The van der Waals surface area contributed by atoms with Gasteiger partial charge in [-0.05, 0) is 30.5 Å². The third-order valence-corrected chi connectivity index (χ3v) is 3.14. The molecule has 4 nitrogen and oxygen atoms in total. The van der Waals surface area contributed by atoms with Gasteiger partial charge in [0.2, 0.25) is 6.41 Å². The van der Waals surface area contributed by atoms with Gasteiger partial charge in [-0.3, -0.25) is 4.79 Å². The fourth-order valence-corrected chi connectivity index (χ4v) is 2.16. The summed E-state index contributed by atoms with van der Waals surface area (Å²) in [6.07, 6.45) is 2.48. The fraction of sp³-hybridized carbons (Fsp3) is 0.462. The molecule has 0 radical (unpaired) electrons. The Kier molecular flexibility index (Phi) is 3.98. The van der Waals surface area contributed by atoms with Gasteiger partial charge in [0.1, 0.15) is 0 Å². The highest BCUT2D eigenvalue weighted by molar-refractivity contribution is 5.49. The van der Waals surface area contributed by atoms with Crippen molar-refractivity contribution in [1.82, 2.24) is 5.32 Å². The molecule has 1 heterocycles. The molecule has 1 aliphatic rings. The molecule has 92 valence electrons. The van der Waals surface area contributed by atoms with Gasteiger partial charge < -0.3 is 15.3 Å². The lowest BCUT2D eigenvalue weighted by molar-refractivity contribution is -0.109. The van der Waals surface area contributed by atoms with E-state index in [1.165, 1.54) is 18.5 Å². The number of carbonyl (C=O) groups excluding carboxylic acids is 1. The number of anilines is 1. The minimum atomic E-state index is -0.632. The summed E-state index contributed by atoms with van der Waals surface area (Å²) in [7, 11) is 0. The van der Waals surface area contributed by atoms with Crippen LogP contribution < -0.4 is 10.2 Å². The largest absolute Gasteiger partial charge is 0.387 e. The molecular formula is C13H18N2O2. The van der Waals surface area contributed by atoms with Gasteiger partial charge in [-0.25, -0.2) is 0 Å². The number of hydrogen-bond acceptors (Lipinski definition) is 3. The van der Waals surface area contributed by atoms with E-state index in [9.17, 15) is 9.90 Å². The topological polar surface area (TPSA) is 52.6 Å². The number of carbonyl (C=O) groups is 1. The van der Waals surface area contributed by atoms with Crippen LogP contribution in [0, 0.1) is 0 Å². The van der Waals surface area contributed by atoms with Crippen LogP contribution in [0.3, 0.4) is 0 Å². The Bertz CT molecular complexity index is 358. The number of aliphatic hydroxyl groups is 1. The van der Waals surface area contributed by atoms with Gasteiger partial charge in [0.25, 0.3) is 0 Å². The maximum Gasteiger partial charge on any atom is 0.207 e. The van der Waals surface area contributed by atoms with Crippen molar-refractivity contribution in [1.29, 1.82) is 0 Å². The molecule has 17 heavy (non-hydrogen) atoms. The lowest BCUT2D eigenvalue weighted by Crippen LogP contribution is -2.20. The molecule has 1 aromatic carbocycles. The minimum Gasteiger partial charge on any atom is -0.387 e. The van der Waals surface area contributed by atoms with Gasteiger partial charge in [-0.2, -0.15) is 0 Å². The first-order chi connectivity index (χ1) is 8.31. The molecule has 1 atom stereocenters. The summed E-state index contributed by atoms with van der Waals surface area (Å²) in [4.78, 5) is 12.5. The number of hydrogen-bond donors (Lipinski definition) is 2. The standard InChI is InChI=1S/C13H18N2O2/c16-10-14-9-13(17)11-3-5-12(6-4-11)15-7-1-2-8-15/h3-6,10,13,17H,1-2,7-9H2,(H,14,16). The molecule has 0 saturated carbocycles. The molecule has 0 bridgehead atoms. The molecule has 0 aliphatic carbocycles. The second-order valence-electron chi connectivity index (χ2n) is 4.33. The van der Waals surface area contributed by atoms with E-state index in [1.54, 1.807) is 0 Å². The summed E-state index contributed by atoms with van der Waals surface area (Å²) >= 11 is 0. The number of rotatable bonds is 5. The van der Waals surface area contributed by atoms with E-state index in [2.05, 4.69) is 10.2 Å². The number of nitrogens with zero attached hydrogens (tertiary/aromatic N) is 1. The molecule has 1 aliphatic heterocycles. The van der Waals surface area contributed by atoms with E-state index in [-0.39, 0.29) is 6.54 Å². The zero-order valence-electron chi connectivity index (χ0n) is 9.80. The van der Waals surface area contributed by atoms with Gasteiger partial charge >= 0.3 is 0 Å². The van der Waals surface area contributed by atoms with E-state index < -0.39 is 6.10 Å². The normalized spacial score (nSPS) is 16.9. The van der Waals surface area contributed by atoms with Crippen molar-refractivity contribution >= 4 is 12.1 Å². The monoisotopic (exact) mass is 234 g/mol. The maximum atomic E-state index is 10.1. The summed E-state index contributed by atoms with van der Waals surface area (Å²) < 4.78 is 0. The Balaban J connectivity index is 1.99. The smallest absolute Gasteiger partial charge is 0.207 e. The van der Waals surface area contributed by atoms with Crippen LogP contribution in [0.15, 0.2) is 24.3 Å². The summed E-state index contributed by atoms with van der Waals surface area (Å²) in [6.45, 7) is 2.50. The van der Waals surface area contributed by atoms with Crippen LogP contribution in [-0.2, 0) is 4.79 Å². The molecule has 0 spiro atoms. The van der Waals surface area contributed by atoms with Crippen molar-refractivity contribution in [2.24, 2.45) is 0 Å². The van der Waals surface area contributed by atoms with Crippen LogP contribution in [0.5, 0.6) is 0 Å². The number of amides is 1. The lowest BCUT2D eigenvalue weighted by Gasteiger charge is -2.18. The summed E-state index contributed by atoms with van der Waals surface area (Å²) in [5, 5.41) is 12.2. The van der Waals surface area contributed by atoms with Crippen LogP contribution in [0.1, 0.15) is 24.5 Å². The highest BCUT2D eigenvalue weighted by atomic mass is 16.3. The predicted octanol–water partition coefficient (Wildman–Crippen LogP) is 1.07. The van der Waals surface area contributed by atoms with Crippen molar-refractivity contribution in [3.8, 4) is 0 Å². The van der Waals surface area contributed by atoms with Crippen LogP contribution in [0.25, 0.3) is 0 Å². The minimum absolute atomic E-state index is 0.257. The van der Waals surface area contributed by atoms with Gasteiger partial charge in [-0.1, -0.05) is 12.1 Å². The van der Waals surface area contributed by atoms with Crippen molar-refractivity contribution in [2.75, 3.05) is 24.5 Å². The van der Waals surface area contributed by atoms with Crippen molar-refractivity contribution in [3.05, 3.63) is 29.8 Å². The molecule has 1 aromatic rings. The number of aliphatic hydroxyl groups excluding tert-OH is 1. The highest BCUT2D eigenvalue weighted by Crippen LogP contribution is 2.22. The van der Waals surface area contributed by atoms with E-state index in [1.807, 2.05) is 24.3 Å². The third kappa shape index (κ3) is 2.97. The second kappa shape index (κ2) is 5.68. The number of nitrogens with one attached hydrogen (secondary N) is 1. The Labute approximate surface area is 101 Å². The first-order valence-electron chi connectivity index (χ1n) is 6.01. The molecule has 2 N–H and O–H groups in total. The second-order valence-corrected chi connectivity index (χ2v) is 4.33. The van der Waals surface area contributed by atoms with Crippen molar-refractivity contribution in [3.63, 3.8) is 0 Å². The fourth-order valence-electron chi connectivity index (χ4n) is 2.16. The Morgan fingerprint density at radius 3 is 2.53 bits per heavy atom. The molecule has 1 unspecified atom stereocenters. The lowest BCUT2D eigenvalue weighted by atomic mass is 10.1. The molecule has 1 saturated heterocycles. The third-order valence-electron chi connectivity index (χ3n) is 3.14. The quantitative estimate of drug-likeness (QED) is 0.749. The highest BCUT2D eigenvalue weighted by Gasteiger charge is 2.13. The molecule has 0 aromatic heterocycles. The van der Waals surface area contributed by atoms with Crippen LogP contribution in [0.2, 0.25) is 0 Å². The average Bonchev–Trinajstić information content (AvgIpc) is 2.90. The van der Waals surface area contributed by atoms with Gasteiger partial charge in [-0.15, -0.1) is 0 Å². The van der Waals surface area contributed by atoms with Crippen LogP contribution in [-0.4, -0.2) is 31.2 Å². The molecular weight excluding hydrogens is 216 g/mol. The molecule has 1 amide bonds. The van der Waals surface area contributed by atoms with E-state index in [4.69, 9.17) is 0 Å². The van der Waals surface area contributed by atoms with E-state index in [0.717, 1.165) is 18.7 Å². The zero-order chi connectivity index (χ0) is 12.1. The Hall–Kier alpha value is -1.55. The first kappa shape index (κ1) is 11.9. The Morgan fingerprint density at radius 2 is 1.94 bits per heavy atom. The van der Waals surface area contributed by atoms with Crippen molar-refractivity contribution < 1.29 is 9.90 Å². The average molecular weight is 234 g/mol. The number of benzene rings is 1. The molecule has 1 fully saturated rings. The molecule has 4 heteroatoms. The first-order valence-corrected chi connectivity index (χ1v) is 6.01. The SMILES string of the molecule is O=CNCC(O)c1ccc(N2CCCC2)cc1. The van der Waals surface area contributed by atoms with Gasteiger partial charge in [0.05, 0.1) is 6.10 Å². The van der Waals surface area contributed by atoms with Gasteiger partial charge in [0, 0.05) is 25.3 Å². The van der Waals surface area contributed by atoms with Crippen LogP contribution in [0.4, 0.5) is 5.69 Å². The maximum absolute atomic E-state index is 10.1. The summed E-state index contributed by atoms with van der Waals surface area (Å²) in [5.41, 5.74) is 2.05.